The van der Waals surface area contributed by atoms with Crippen molar-refractivity contribution in [2.45, 2.75) is 64.5 Å². The number of rotatable bonds is 11. The average Bonchev–Trinajstić information content (AvgIpc) is 3.03. The first kappa shape index (κ1) is 33.8. The van der Waals surface area contributed by atoms with E-state index in [1.165, 1.54) is 12.1 Å². The molecule has 46 heavy (non-hydrogen) atoms. The maximum absolute atomic E-state index is 13.5. The van der Waals surface area contributed by atoms with Crippen molar-refractivity contribution in [2.24, 2.45) is 11.8 Å². The lowest BCUT2D eigenvalue weighted by atomic mass is 9.81. The number of non-ortho nitro benzene ring substituents is 1. The average molecular weight is 629 g/mol. The van der Waals surface area contributed by atoms with E-state index in [1.54, 1.807) is 81.4 Å². The summed E-state index contributed by atoms with van der Waals surface area (Å²) in [5.41, 5.74) is 1.47. The summed E-state index contributed by atoms with van der Waals surface area (Å²) in [6.45, 7) is 5.87. The second-order valence-electron chi connectivity index (χ2n) is 12.6. The van der Waals surface area contributed by atoms with Crippen LogP contribution in [0.5, 0.6) is 0 Å². The SMILES string of the molecule is CC(C)(C)OC(=O)NCC1CCC(C(=O)NC(Cc2ccc([N+](=O)[O-])cc2)C(=O)Nc2ccc(C(=O)c3ccccc3)cc2)CC1. The van der Waals surface area contributed by atoms with E-state index in [9.17, 15) is 29.3 Å². The molecule has 3 aromatic rings. The summed E-state index contributed by atoms with van der Waals surface area (Å²) in [5.74, 6) is -0.925. The first-order valence-electron chi connectivity index (χ1n) is 15.4. The molecule has 0 bridgehead atoms. The Labute approximate surface area is 268 Å². The van der Waals surface area contributed by atoms with Crippen LogP contribution in [0.25, 0.3) is 0 Å². The van der Waals surface area contributed by atoms with Gasteiger partial charge in [-0.1, -0.05) is 42.5 Å². The van der Waals surface area contributed by atoms with Crippen LogP contribution in [-0.4, -0.2) is 46.8 Å². The smallest absolute Gasteiger partial charge is 0.407 e. The van der Waals surface area contributed by atoms with Crippen molar-refractivity contribution >= 4 is 35.1 Å². The predicted molar refractivity (Wildman–Crippen MR) is 173 cm³/mol. The van der Waals surface area contributed by atoms with Gasteiger partial charge >= 0.3 is 6.09 Å². The molecule has 242 valence electrons. The summed E-state index contributed by atoms with van der Waals surface area (Å²) in [4.78, 5) is 62.3. The van der Waals surface area contributed by atoms with Gasteiger partial charge in [-0.3, -0.25) is 24.5 Å². The number of hydrogen-bond acceptors (Lipinski definition) is 7. The second-order valence-corrected chi connectivity index (χ2v) is 12.6. The molecule has 1 atom stereocenters. The summed E-state index contributed by atoms with van der Waals surface area (Å²) >= 11 is 0. The summed E-state index contributed by atoms with van der Waals surface area (Å²) < 4.78 is 5.30. The number of hydrogen-bond donors (Lipinski definition) is 3. The van der Waals surface area contributed by atoms with Crippen LogP contribution in [-0.2, 0) is 20.7 Å². The van der Waals surface area contributed by atoms with Crippen LogP contribution < -0.4 is 16.0 Å². The van der Waals surface area contributed by atoms with E-state index in [2.05, 4.69) is 16.0 Å². The summed E-state index contributed by atoms with van der Waals surface area (Å²) in [5, 5.41) is 19.6. The van der Waals surface area contributed by atoms with Gasteiger partial charge in [0, 0.05) is 47.8 Å². The summed E-state index contributed by atoms with van der Waals surface area (Å²) in [6, 6.07) is 20.3. The minimum absolute atomic E-state index is 0.0724. The Morgan fingerprint density at radius 3 is 2.07 bits per heavy atom. The molecule has 1 aliphatic carbocycles. The number of carbonyl (C=O) groups is 4. The molecule has 11 heteroatoms. The lowest BCUT2D eigenvalue weighted by Gasteiger charge is -2.29. The molecular formula is C35H40N4O7. The molecule has 3 amide bonds. The van der Waals surface area contributed by atoms with Crippen LogP contribution in [0.1, 0.15) is 67.9 Å². The Balaban J connectivity index is 1.39. The van der Waals surface area contributed by atoms with Crippen molar-refractivity contribution in [2.75, 3.05) is 11.9 Å². The molecule has 1 aliphatic rings. The van der Waals surface area contributed by atoms with Gasteiger partial charge in [-0.2, -0.15) is 0 Å². The topological polar surface area (TPSA) is 157 Å². The maximum Gasteiger partial charge on any atom is 0.407 e. The molecular weight excluding hydrogens is 588 g/mol. The number of ketones is 1. The minimum atomic E-state index is -0.953. The van der Waals surface area contributed by atoms with Crippen molar-refractivity contribution in [3.63, 3.8) is 0 Å². The van der Waals surface area contributed by atoms with Gasteiger partial charge in [-0.25, -0.2) is 4.79 Å². The third-order valence-electron chi connectivity index (χ3n) is 7.82. The van der Waals surface area contributed by atoms with Gasteiger partial charge in [-0.15, -0.1) is 0 Å². The van der Waals surface area contributed by atoms with Gasteiger partial charge in [0.15, 0.2) is 5.78 Å². The lowest BCUT2D eigenvalue weighted by molar-refractivity contribution is -0.384. The molecule has 0 heterocycles. The van der Waals surface area contributed by atoms with E-state index >= 15 is 0 Å². The van der Waals surface area contributed by atoms with Crippen molar-refractivity contribution in [3.05, 3.63) is 106 Å². The van der Waals surface area contributed by atoms with E-state index < -0.39 is 28.6 Å². The highest BCUT2D eigenvalue weighted by Gasteiger charge is 2.30. The van der Waals surface area contributed by atoms with Crippen LogP contribution in [0.15, 0.2) is 78.9 Å². The van der Waals surface area contributed by atoms with Crippen LogP contribution in [0.2, 0.25) is 0 Å². The zero-order valence-electron chi connectivity index (χ0n) is 26.3. The fourth-order valence-corrected chi connectivity index (χ4v) is 5.35. The van der Waals surface area contributed by atoms with Crippen LogP contribution in [0.3, 0.4) is 0 Å². The van der Waals surface area contributed by atoms with Crippen molar-refractivity contribution in [1.82, 2.24) is 10.6 Å². The van der Waals surface area contributed by atoms with E-state index in [-0.39, 0.29) is 35.6 Å². The number of nitrogens with one attached hydrogen (secondary N) is 3. The Kier molecular flexibility index (Phi) is 11.2. The van der Waals surface area contributed by atoms with Crippen LogP contribution in [0.4, 0.5) is 16.2 Å². The third kappa shape index (κ3) is 9.98. The molecule has 0 aromatic heterocycles. The van der Waals surface area contributed by atoms with E-state index in [0.29, 0.717) is 41.8 Å². The lowest BCUT2D eigenvalue weighted by Crippen LogP contribution is -2.48. The Hall–Kier alpha value is -5.06. The number of benzene rings is 3. The molecule has 0 radical (unpaired) electrons. The molecule has 0 aliphatic heterocycles. The highest BCUT2D eigenvalue weighted by Crippen LogP contribution is 2.29. The summed E-state index contributed by atoms with van der Waals surface area (Å²) in [7, 11) is 0. The minimum Gasteiger partial charge on any atom is -0.444 e. The number of amides is 3. The monoisotopic (exact) mass is 628 g/mol. The highest BCUT2D eigenvalue weighted by molar-refractivity contribution is 6.09. The zero-order chi connectivity index (χ0) is 33.3. The van der Waals surface area contributed by atoms with E-state index in [0.717, 1.165) is 12.8 Å². The standard InChI is InChI=1S/C35H40N4O7/c1-35(2,3)46-34(43)36-22-24-9-13-27(14-10-24)32(41)38-30(21-23-11-19-29(20-12-23)39(44)45)33(42)37-28-17-15-26(16-18-28)31(40)25-7-5-4-6-8-25/h4-8,11-12,15-20,24,27,30H,9-10,13-14,21-22H2,1-3H3,(H,36,43)(H,37,42)(H,38,41). The van der Waals surface area contributed by atoms with Gasteiger partial charge in [0.2, 0.25) is 11.8 Å². The number of carbonyl (C=O) groups excluding carboxylic acids is 4. The fourth-order valence-electron chi connectivity index (χ4n) is 5.35. The number of ether oxygens (including phenoxy) is 1. The van der Waals surface area contributed by atoms with Gasteiger partial charge < -0.3 is 20.7 Å². The first-order valence-corrected chi connectivity index (χ1v) is 15.4. The fraction of sp³-hybridized carbons (Fsp3) is 0.371. The number of nitro groups is 1. The maximum atomic E-state index is 13.5. The zero-order valence-corrected chi connectivity index (χ0v) is 26.3. The Morgan fingerprint density at radius 2 is 1.48 bits per heavy atom. The molecule has 3 N–H and O–H groups in total. The van der Waals surface area contributed by atoms with E-state index in [1.807, 2.05) is 6.07 Å². The largest absolute Gasteiger partial charge is 0.444 e. The second kappa shape index (κ2) is 15.3. The van der Waals surface area contributed by atoms with Gasteiger partial charge in [0.1, 0.15) is 11.6 Å². The predicted octanol–water partition coefficient (Wildman–Crippen LogP) is 5.82. The molecule has 11 nitrogen and oxygen atoms in total. The van der Waals surface area contributed by atoms with E-state index in [4.69, 9.17) is 4.74 Å². The molecule has 0 saturated heterocycles. The number of nitro benzene ring substituents is 1. The van der Waals surface area contributed by atoms with Gasteiger partial charge in [0.05, 0.1) is 4.92 Å². The Morgan fingerprint density at radius 1 is 0.870 bits per heavy atom. The van der Waals surface area contributed by atoms with Crippen LogP contribution >= 0.6 is 0 Å². The molecule has 1 saturated carbocycles. The molecule has 1 fully saturated rings. The molecule has 4 rings (SSSR count). The van der Waals surface area contributed by atoms with Crippen molar-refractivity contribution in [3.8, 4) is 0 Å². The molecule has 0 spiro atoms. The normalized spacial score (nSPS) is 16.8. The Bertz CT molecular complexity index is 1530. The first-order chi connectivity index (χ1) is 21.9. The molecule has 1 unspecified atom stereocenters. The quantitative estimate of drug-likeness (QED) is 0.137. The molecule has 3 aromatic carbocycles. The summed E-state index contributed by atoms with van der Waals surface area (Å²) in [6.07, 6.45) is 2.34. The number of alkyl carbamates (subject to hydrolysis) is 1. The van der Waals surface area contributed by atoms with Crippen molar-refractivity contribution < 1.29 is 28.8 Å². The van der Waals surface area contributed by atoms with Gasteiger partial charge in [-0.05, 0) is 82.2 Å². The van der Waals surface area contributed by atoms with Crippen LogP contribution in [0, 0.1) is 22.0 Å². The third-order valence-corrected chi connectivity index (χ3v) is 7.82. The number of nitrogens with zero attached hydrogens (tertiary/aromatic N) is 1. The highest BCUT2D eigenvalue weighted by atomic mass is 16.6. The van der Waals surface area contributed by atoms with Crippen molar-refractivity contribution in [1.29, 1.82) is 0 Å². The van der Waals surface area contributed by atoms with Gasteiger partial charge in [0.25, 0.3) is 5.69 Å². The number of anilines is 1.